The van der Waals surface area contributed by atoms with Gasteiger partial charge in [-0.25, -0.2) is 4.39 Å². The Labute approximate surface area is 132 Å². The number of nitrogens with zero attached hydrogens (tertiary/aromatic N) is 3. The van der Waals surface area contributed by atoms with Gasteiger partial charge in [-0.1, -0.05) is 5.16 Å². The van der Waals surface area contributed by atoms with Crippen molar-refractivity contribution in [2.45, 2.75) is 12.8 Å². The maximum Gasteiger partial charge on any atom is 0.227 e. The van der Waals surface area contributed by atoms with E-state index in [9.17, 15) is 4.39 Å². The Morgan fingerprint density at radius 1 is 1.25 bits per heavy atom. The minimum absolute atomic E-state index is 0. The lowest BCUT2D eigenvalue weighted by Gasteiger charge is -1.93. The summed E-state index contributed by atoms with van der Waals surface area (Å²) >= 11 is 0. The lowest BCUT2D eigenvalue weighted by molar-refractivity contribution is 0.376. The number of guanidine groups is 1. The molecule has 0 aliphatic heterocycles. The summed E-state index contributed by atoms with van der Waals surface area (Å²) in [6, 6.07) is 5.90. The molecule has 8 heteroatoms. The average molecular weight is 391 g/mol. The highest BCUT2D eigenvalue weighted by Crippen LogP contribution is 2.16. The van der Waals surface area contributed by atoms with Gasteiger partial charge in [0.05, 0.1) is 0 Å². The van der Waals surface area contributed by atoms with E-state index in [0.29, 0.717) is 36.7 Å². The number of aliphatic imine (C=N–C) groups is 1. The van der Waals surface area contributed by atoms with Crippen molar-refractivity contribution in [3.63, 3.8) is 0 Å². The van der Waals surface area contributed by atoms with Crippen LogP contribution in [0, 0.1) is 5.82 Å². The highest BCUT2D eigenvalue weighted by Gasteiger charge is 2.08. The molecule has 0 amide bonds. The van der Waals surface area contributed by atoms with E-state index in [2.05, 4.69) is 15.1 Å². The summed E-state index contributed by atoms with van der Waals surface area (Å²) in [5, 5.41) is 3.84. The van der Waals surface area contributed by atoms with Crippen LogP contribution in [0.1, 0.15) is 12.3 Å². The van der Waals surface area contributed by atoms with E-state index in [0.717, 1.165) is 0 Å². The van der Waals surface area contributed by atoms with Crippen LogP contribution in [0.3, 0.4) is 0 Å². The van der Waals surface area contributed by atoms with Crippen LogP contribution in [-0.2, 0) is 6.42 Å². The molecule has 1 heterocycles. The van der Waals surface area contributed by atoms with Crippen LogP contribution in [0.15, 0.2) is 33.8 Å². The Hall–Kier alpha value is -1.71. The van der Waals surface area contributed by atoms with E-state index in [1.807, 2.05) is 0 Å². The van der Waals surface area contributed by atoms with Gasteiger partial charge in [-0.3, -0.25) is 4.99 Å². The number of halogens is 2. The monoisotopic (exact) mass is 391 g/mol. The predicted molar refractivity (Wildman–Crippen MR) is 84.1 cm³/mol. The molecule has 0 unspecified atom stereocenters. The maximum atomic E-state index is 12.8. The van der Waals surface area contributed by atoms with Gasteiger partial charge in [0.1, 0.15) is 5.82 Å². The van der Waals surface area contributed by atoms with Crippen molar-refractivity contribution in [3.05, 3.63) is 36.0 Å². The molecular weight excluding hydrogens is 376 g/mol. The highest BCUT2D eigenvalue weighted by molar-refractivity contribution is 14.0. The second kappa shape index (κ2) is 7.78. The van der Waals surface area contributed by atoms with Gasteiger partial charge in [-0.05, 0) is 30.7 Å². The third-order valence-corrected chi connectivity index (χ3v) is 2.41. The Balaban J connectivity index is 0.00000200. The zero-order valence-electron chi connectivity index (χ0n) is 10.6. The minimum Gasteiger partial charge on any atom is -0.370 e. The molecule has 0 radical (unpaired) electrons. The third kappa shape index (κ3) is 4.76. The Morgan fingerprint density at radius 2 is 1.95 bits per heavy atom. The Morgan fingerprint density at radius 3 is 2.60 bits per heavy atom. The quantitative estimate of drug-likeness (QED) is 0.350. The topological polar surface area (TPSA) is 103 Å². The standard InChI is InChI=1S/C12H14FN5O.HI/c13-9-5-3-8(4-6-9)11-17-10(19-18-11)2-1-7-16-12(14)15;/h3-6H,1-2,7H2,(H4,14,15,16);1H. The van der Waals surface area contributed by atoms with Crippen molar-refractivity contribution in [2.75, 3.05) is 6.54 Å². The molecular formula is C12H15FIN5O. The summed E-state index contributed by atoms with van der Waals surface area (Å²) < 4.78 is 17.9. The number of nitrogens with two attached hydrogens (primary N) is 2. The molecule has 2 aromatic rings. The van der Waals surface area contributed by atoms with E-state index in [1.165, 1.54) is 12.1 Å². The van der Waals surface area contributed by atoms with E-state index < -0.39 is 0 Å². The molecule has 0 saturated heterocycles. The van der Waals surface area contributed by atoms with Gasteiger partial charge in [0.25, 0.3) is 0 Å². The predicted octanol–water partition coefficient (Wildman–Crippen LogP) is 1.70. The summed E-state index contributed by atoms with van der Waals surface area (Å²) in [6.07, 6.45) is 1.30. The van der Waals surface area contributed by atoms with E-state index in [1.54, 1.807) is 12.1 Å². The fraction of sp³-hybridized carbons (Fsp3) is 0.250. The van der Waals surface area contributed by atoms with E-state index in [4.69, 9.17) is 16.0 Å². The van der Waals surface area contributed by atoms with Crippen LogP contribution < -0.4 is 11.5 Å². The molecule has 0 spiro atoms. The van der Waals surface area contributed by atoms with Crippen molar-refractivity contribution in [2.24, 2.45) is 16.5 Å². The lowest BCUT2D eigenvalue weighted by Crippen LogP contribution is -2.23. The summed E-state index contributed by atoms with van der Waals surface area (Å²) in [5.41, 5.74) is 11.1. The normalized spacial score (nSPS) is 9.85. The molecule has 0 fully saturated rings. The zero-order valence-corrected chi connectivity index (χ0v) is 13.0. The fourth-order valence-electron chi connectivity index (χ4n) is 1.51. The van der Waals surface area contributed by atoms with Crippen LogP contribution in [0.25, 0.3) is 11.4 Å². The zero-order chi connectivity index (χ0) is 13.7. The van der Waals surface area contributed by atoms with Crippen molar-refractivity contribution in [1.29, 1.82) is 0 Å². The molecule has 0 aliphatic carbocycles. The molecule has 20 heavy (non-hydrogen) atoms. The fourth-order valence-corrected chi connectivity index (χ4v) is 1.51. The summed E-state index contributed by atoms with van der Waals surface area (Å²) in [5.74, 6) is 0.712. The van der Waals surface area contributed by atoms with E-state index in [-0.39, 0.29) is 35.8 Å². The van der Waals surface area contributed by atoms with Gasteiger partial charge < -0.3 is 16.0 Å². The van der Waals surface area contributed by atoms with Crippen LogP contribution >= 0.6 is 24.0 Å². The molecule has 108 valence electrons. The van der Waals surface area contributed by atoms with Crippen molar-refractivity contribution < 1.29 is 8.91 Å². The molecule has 0 saturated carbocycles. The van der Waals surface area contributed by atoms with Crippen molar-refractivity contribution >= 4 is 29.9 Å². The molecule has 0 aliphatic rings. The Bertz CT molecular complexity index is 565. The second-order valence-corrected chi connectivity index (χ2v) is 3.93. The average Bonchev–Trinajstić information content (AvgIpc) is 2.84. The molecule has 0 atom stereocenters. The molecule has 2 rings (SSSR count). The lowest BCUT2D eigenvalue weighted by atomic mass is 10.2. The summed E-state index contributed by atoms with van der Waals surface area (Å²) in [7, 11) is 0. The number of aryl methyl sites for hydroxylation is 1. The van der Waals surface area contributed by atoms with Gasteiger partial charge in [0, 0.05) is 18.5 Å². The van der Waals surface area contributed by atoms with E-state index >= 15 is 0 Å². The number of aromatic nitrogens is 2. The first kappa shape index (κ1) is 16.3. The molecule has 4 N–H and O–H groups in total. The van der Waals surface area contributed by atoms with Crippen LogP contribution in [0.2, 0.25) is 0 Å². The molecule has 1 aromatic carbocycles. The number of hydrogen-bond acceptors (Lipinski definition) is 4. The van der Waals surface area contributed by atoms with Gasteiger partial charge in [0.2, 0.25) is 11.7 Å². The van der Waals surface area contributed by atoms with Gasteiger partial charge in [0.15, 0.2) is 5.96 Å². The molecule has 6 nitrogen and oxygen atoms in total. The maximum absolute atomic E-state index is 12.8. The number of rotatable bonds is 5. The first-order valence-electron chi connectivity index (χ1n) is 5.79. The Kier molecular flexibility index (Phi) is 6.36. The molecule has 0 bridgehead atoms. The van der Waals surface area contributed by atoms with Gasteiger partial charge in [-0.2, -0.15) is 4.98 Å². The number of benzene rings is 1. The summed E-state index contributed by atoms with van der Waals surface area (Å²) in [6.45, 7) is 0.511. The van der Waals surface area contributed by atoms with Gasteiger partial charge >= 0.3 is 0 Å². The first-order chi connectivity index (χ1) is 9.15. The van der Waals surface area contributed by atoms with Crippen LogP contribution in [0.4, 0.5) is 4.39 Å². The third-order valence-electron chi connectivity index (χ3n) is 2.41. The smallest absolute Gasteiger partial charge is 0.227 e. The SMILES string of the molecule is I.NC(N)=NCCCc1nc(-c2ccc(F)cc2)no1. The largest absolute Gasteiger partial charge is 0.370 e. The van der Waals surface area contributed by atoms with Crippen molar-refractivity contribution in [3.8, 4) is 11.4 Å². The van der Waals surface area contributed by atoms with Crippen molar-refractivity contribution in [1.82, 2.24) is 10.1 Å². The minimum atomic E-state index is -0.301. The highest BCUT2D eigenvalue weighted by atomic mass is 127. The molecule has 1 aromatic heterocycles. The second-order valence-electron chi connectivity index (χ2n) is 3.93. The van der Waals surface area contributed by atoms with Gasteiger partial charge in [-0.15, -0.1) is 24.0 Å². The van der Waals surface area contributed by atoms with Crippen LogP contribution in [0.5, 0.6) is 0 Å². The number of hydrogen-bond donors (Lipinski definition) is 2. The van der Waals surface area contributed by atoms with Crippen LogP contribution in [-0.4, -0.2) is 22.6 Å². The first-order valence-corrected chi connectivity index (χ1v) is 5.79. The summed E-state index contributed by atoms with van der Waals surface area (Å²) in [4.78, 5) is 8.07.